The molecule has 0 fully saturated rings. The van der Waals surface area contributed by atoms with Crippen LogP contribution in [0.1, 0.15) is 12.7 Å². The largest absolute Gasteiger partial charge is 0.468 e. The summed E-state index contributed by atoms with van der Waals surface area (Å²) in [6.07, 6.45) is 0. The van der Waals surface area contributed by atoms with Crippen LogP contribution in [0.25, 0.3) is 0 Å². The van der Waals surface area contributed by atoms with Crippen LogP contribution in [-0.4, -0.2) is 48.7 Å². The van der Waals surface area contributed by atoms with Gasteiger partial charge in [0.2, 0.25) is 0 Å². The van der Waals surface area contributed by atoms with E-state index in [1.54, 1.807) is 19.9 Å². The molecule has 0 aliphatic heterocycles. The van der Waals surface area contributed by atoms with Crippen LogP contribution in [0.15, 0.2) is 10.6 Å². The Balaban J connectivity index is 2.44. The van der Waals surface area contributed by atoms with E-state index >= 15 is 0 Å². The van der Waals surface area contributed by atoms with Gasteiger partial charge in [0.1, 0.15) is 12.3 Å². The van der Waals surface area contributed by atoms with E-state index in [2.05, 4.69) is 9.89 Å². The highest BCUT2D eigenvalue weighted by Gasteiger charge is 2.16. The Bertz CT molecular complexity index is 415. The molecule has 0 bridgehead atoms. The third-order valence-corrected chi connectivity index (χ3v) is 2.23. The minimum Gasteiger partial charge on any atom is -0.468 e. The summed E-state index contributed by atoms with van der Waals surface area (Å²) in [6, 6.07) is 1.57. The number of ether oxygens (including phenoxy) is 2. The minimum absolute atomic E-state index is 0.0902. The second-order valence-electron chi connectivity index (χ2n) is 3.55. The summed E-state index contributed by atoms with van der Waals surface area (Å²) in [7, 11) is 1.27. The third-order valence-electron chi connectivity index (χ3n) is 2.23. The van der Waals surface area contributed by atoms with E-state index < -0.39 is 5.97 Å². The number of hydrogen-bond acceptors (Lipinski definition) is 6. The Morgan fingerprint density at radius 2 is 2.22 bits per heavy atom. The highest BCUT2D eigenvalue weighted by atomic mass is 16.5. The molecule has 0 atom stereocenters. The van der Waals surface area contributed by atoms with E-state index in [9.17, 15) is 9.59 Å². The van der Waals surface area contributed by atoms with Crippen molar-refractivity contribution in [2.75, 3.05) is 26.8 Å². The van der Waals surface area contributed by atoms with Crippen molar-refractivity contribution in [1.82, 2.24) is 10.1 Å². The Morgan fingerprint density at radius 1 is 1.50 bits per heavy atom. The van der Waals surface area contributed by atoms with Gasteiger partial charge in [-0.3, -0.25) is 9.59 Å². The first-order valence-corrected chi connectivity index (χ1v) is 5.47. The molecule has 0 aromatic carbocycles. The van der Waals surface area contributed by atoms with Crippen LogP contribution in [0.4, 0.5) is 0 Å². The molecule has 18 heavy (non-hydrogen) atoms. The molecule has 1 aromatic heterocycles. The van der Waals surface area contributed by atoms with Crippen molar-refractivity contribution in [3.63, 3.8) is 0 Å². The summed E-state index contributed by atoms with van der Waals surface area (Å²) in [6.45, 7) is 3.59. The van der Waals surface area contributed by atoms with E-state index in [4.69, 9.17) is 9.26 Å². The average molecular weight is 256 g/mol. The fraction of sp³-hybridized carbons (Fsp3) is 0.545. The van der Waals surface area contributed by atoms with Gasteiger partial charge in [0.05, 0.1) is 7.11 Å². The van der Waals surface area contributed by atoms with Crippen LogP contribution >= 0.6 is 0 Å². The minimum atomic E-state index is -0.470. The molecule has 0 spiro atoms. The lowest BCUT2D eigenvalue weighted by atomic mass is 10.4. The van der Waals surface area contributed by atoms with E-state index in [0.717, 1.165) is 0 Å². The second-order valence-corrected chi connectivity index (χ2v) is 3.55. The topological polar surface area (TPSA) is 81.9 Å². The average Bonchev–Trinajstić information content (AvgIpc) is 2.78. The molecule has 7 heteroatoms. The monoisotopic (exact) mass is 256 g/mol. The molecule has 1 heterocycles. The zero-order valence-corrected chi connectivity index (χ0v) is 10.6. The molecule has 0 saturated heterocycles. The Labute approximate surface area is 105 Å². The maximum absolute atomic E-state index is 11.7. The molecular formula is C11H16N2O5. The predicted molar refractivity (Wildman–Crippen MR) is 61.0 cm³/mol. The first kappa shape index (κ1) is 14.0. The van der Waals surface area contributed by atoms with Gasteiger partial charge in [-0.05, 0) is 19.0 Å². The van der Waals surface area contributed by atoms with Gasteiger partial charge in [0.15, 0.2) is 6.61 Å². The quantitative estimate of drug-likeness (QED) is 0.684. The first-order chi connectivity index (χ1) is 8.56. The lowest BCUT2D eigenvalue weighted by molar-refractivity contribution is -0.147. The lowest BCUT2D eigenvalue weighted by Gasteiger charge is -2.18. The third kappa shape index (κ3) is 4.08. The lowest BCUT2D eigenvalue weighted by Crippen LogP contribution is -2.38. The molecule has 0 aliphatic carbocycles. The van der Waals surface area contributed by atoms with Crippen LogP contribution in [0.5, 0.6) is 5.88 Å². The normalized spacial score (nSPS) is 9.94. The number of nitrogens with zero attached hydrogens (tertiary/aromatic N) is 2. The molecule has 1 aromatic rings. The zero-order chi connectivity index (χ0) is 13.5. The summed E-state index contributed by atoms with van der Waals surface area (Å²) in [4.78, 5) is 24.2. The number of carbonyl (C=O) groups excluding carboxylic acids is 2. The predicted octanol–water partition coefficient (Wildman–Crippen LogP) is 0.383. The number of hydrogen-bond donors (Lipinski definition) is 0. The van der Waals surface area contributed by atoms with E-state index in [-0.39, 0.29) is 24.9 Å². The van der Waals surface area contributed by atoms with Crippen LogP contribution in [0, 0.1) is 6.92 Å². The molecular weight excluding hydrogens is 240 g/mol. The molecule has 0 radical (unpaired) electrons. The van der Waals surface area contributed by atoms with Gasteiger partial charge >= 0.3 is 5.97 Å². The van der Waals surface area contributed by atoms with Crippen LogP contribution in [0.2, 0.25) is 0 Å². The number of rotatable bonds is 6. The molecule has 0 aliphatic rings. The highest BCUT2D eigenvalue weighted by Crippen LogP contribution is 2.09. The number of aromatic nitrogens is 1. The van der Waals surface area contributed by atoms with Gasteiger partial charge in [-0.15, -0.1) is 0 Å². The van der Waals surface area contributed by atoms with Gasteiger partial charge in [0, 0.05) is 12.6 Å². The summed E-state index contributed by atoms with van der Waals surface area (Å²) in [5, 5.41) is 3.59. The van der Waals surface area contributed by atoms with Crippen molar-refractivity contribution in [2.24, 2.45) is 0 Å². The highest BCUT2D eigenvalue weighted by molar-refractivity contribution is 5.82. The van der Waals surface area contributed by atoms with E-state index in [0.29, 0.717) is 12.3 Å². The number of likely N-dealkylation sites (N-methyl/N-ethyl adjacent to an activating group) is 1. The zero-order valence-electron chi connectivity index (χ0n) is 10.6. The molecule has 100 valence electrons. The van der Waals surface area contributed by atoms with E-state index in [1.165, 1.54) is 12.0 Å². The number of esters is 1. The first-order valence-electron chi connectivity index (χ1n) is 5.47. The van der Waals surface area contributed by atoms with Gasteiger partial charge in [-0.25, -0.2) is 0 Å². The van der Waals surface area contributed by atoms with Crippen molar-refractivity contribution in [2.45, 2.75) is 13.8 Å². The molecule has 0 unspecified atom stereocenters. The SMILES string of the molecule is CCN(CC(=O)OC)C(=O)COc1cc(C)on1. The smallest absolute Gasteiger partial charge is 0.325 e. The van der Waals surface area contributed by atoms with Crippen molar-refractivity contribution < 1.29 is 23.6 Å². The van der Waals surface area contributed by atoms with Crippen LogP contribution < -0.4 is 4.74 Å². The summed E-state index contributed by atoms with van der Waals surface area (Å²) < 4.78 is 14.4. The summed E-state index contributed by atoms with van der Waals surface area (Å²) >= 11 is 0. The fourth-order valence-corrected chi connectivity index (χ4v) is 1.24. The van der Waals surface area contributed by atoms with E-state index in [1.807, 2.05) is 0 Å². The Hall–Kier alpha value is -2.05. The maximum atomic E-state index is 11.7. The summed E-state index contributed by atoms with van der Waals surface area (Å²) in [5.41, 5.74) is 0. The molecule has 1 rings (SSSR count). The van der Waals surface area contributed by atoms with Crippen LogP contribution in [-0.2, 0) is 14.3 Å². The van der Waals surface area contributed by atoms with Gasteiger partial charge in [0.25, 0.3) is 11.8 Å². The second kappa shape index (κ2) is 6.63. The van der Waals surface area contributed by atoms with Crippen molar-refractivity contribution in [3.8, 4) is 5.88 Å². The van der Waals surface area contributed by atoms with Crippen LogP contribution in [0.3, 0.4) is 0 Å². The van der Waals surface area contributed by atoms with Gasteiger partial charge in [-0.1, -0.05) is 0 Å². The maximum Gasteiger partial charge on any atom is 0.325 e. The van der Waals surface area contributed by atoms with Crippen molar-refractivity contribution in [1.29, 1.82) is 0 Å². The molecule has 1 amide bonds. The number of aryl methyl sites for hydroxylation is 1. The Kier molecular flexibility index (Phi) is 5.16. The molecule has 0 saturated carbocycles. The number of methoxy groups -OCH3 is 1. The van der Waals surface area contributed by atoms with Gasteiger partial charge < -0.3 is 18.9 Å². The molecule has 7 nitrogen and oxygen atoms in total. The number of carbonyl (C=O) groups is 2. The Morgan fingerprint density at radius 3 is 2.72 bits per heavy atom. The van der Waals surface area contributed by atoms with Crippen molar-refractivity contribution in [3.05, 3.63) is 11.8 Å². The molecule has 0 N–H and O–H groups in total. The van der Waals surface area contributed by atoms with Gasteiger partial charge in [-0.2, -0.15) is 0 Å². The van der Waals surface area contributed by atoms with Crippen molar-refractivity contribution >= 4 is 11.9 Å². The standard InChI is InChI=1S/C11H16N2O5/c1-4-13(6-11(15)16-3)10(14)7-17-9-5-8(2)18-12-9/h5H,4,6-7H2,1-3H3. The summed E-state index contributed by atoms with van der Waals surface area (Å²) in [5.74, 6) is 0.0559. The fourth-order valence-electron chi connectivity index (χ4n) is 1.24. The number of amides is 1.